The van der Waals surface area contributed by atoms with Gasteiger partial charge in [0.15, 0.2) is 0 Å². The monoisotopic (exact) mass is 339 g/mol. The summed E-state index contributed by atoms with van der Waals surface area (Å²) in [6.07, 6.45) is 3.58. The minimum absolute atomic E-state index is 0.167. The van der Waals surface area contributed by atoms with Gasteiger partial charge >= 0.3 is 0 Å². The fourth-order valence-corrected chi connectivity index (χ4v) is 3.04. The molecule has 2 rings (SSSR count). The molecule has 0 radical (unpaired) electrons. The van der Waals surface area contributed by atoms with E-state index in [1.807, 2.05) is 31.2 Å². The number of benzene rings is 1. The van der Waals surface area contributed by atoms with Crippen molar-refractivity contribution in [2.45, 2.75) is 19.8 Å². The van der Waals surface area contributed by atoms with Gasteiger partial charge in [-0.15, -0.1) is 0 Å². The summed E-state index contributed by atoms with van der Waals surface area (Å²) in [6, 6.07) is 7.65. The molecule has 0 aliphatic carbocycles. The van der Waals surface area contributed by atoms with E-state index < -0.39 is 0 Å². The molecule has 1 aromatic carbocycles. The van der Waals surface area contributed by atoms with Crippen LogP contribution >= 0.6 is 27.7 Å². The molecular weight excluding hydrogens is 326 g/mol. The molecule has 5 heteroatoms. The van der Waals surface area contributed by atoms with Crippen molar-refractivity contribution in [1.82, 2.24) is 4.90 Å². The lowest BCUT2D eigenvalue weighted by Gasteiger charge is -2.10. The first-order valence-corrected chi connectivity index (χ1v) is 7.73. The topological polar surface area (TPSA) is 37.4 Å². The summed E-state index contributed by atoms with van der Waals surface area (Å²) >= 11 is 4.40. The van der Waals surface area contributed by atoms with Crippen molar-refractivity contribution in [1.29, 1.82) is 0 Å². The molecular formula is C14H14BrNO2S. The van der Waals surface area contributed by atoms with Crippen LogP contribution in [0, 0.1) is 0 Å². The molecule has 0 saturated carbocycles. The molecule has 1 aliphatic rings. The average molecular weight is 340 g/mol. The van der Waals surface area contributed by atoms with Crippen molar-refractivity contribution in [3.8, 4) is 0 Å². The van der Waals surface area contributed by atoms with Gasteiger partial charge in [-0.3, -0.25) is 14.5 Å². The molecule has 0 spiro atoms. The second kappa shape index (κ2) is 6.39. The third kappa shape index (κ3) is 3.48. The van der Waals surface area contributed by atoms with Gasteiger partial charge in [-0.1, -0.05) is 41.4 Å². The molecule has 0 unspecified atom stereocenters. The van der Waals surface area contributed by atoms with Gasteiger partial charge in [0, 0.05) is 11.0 Å². The number of unbranched alkanes of at least 4 members (excludes halogenated alkanes) is 1. The Morgan fingerprint density at radius 2 is 2.16 bits per heavy atom. The first kappa shape index (κ1) is 14.3. The Morgan fingerprint density at radius 3 is 2.84 bits per heavy atom. The normalized spacial score (nSPS) is 17.6. The molecule has 1 fully saturated rings. The predicted octanol–water partition coefficient (Wildman–Crippen LogP) is 4.29. The van der Waals surface area contributed by atoms with Crippen LogP contribution in [0.5, 0.6) is 0 Å². The van der Waals surface area contributed by atoms with E-state index in [9.17, 15) is 9.59 Å². The highest BCUT2D eigenvalue weighted by Crippen LogP contribution is 2.32. The number of imide groups is 1. The summed E-state index contributed by atoms with van der Waals surface area (Å²) in [7, 11) is 0. The van der Waals surface area contributed by atoms with E-state index in [2.05, 4.69) is 15.9 Å². The number of nitrogens with zero attached hydrogens (tertiary/aromatic N) is 1. The van der Waals surface area contributed by atoms with Gasteiger partial charge in [-0.05, 0) is 42.0 Å². The molecule has 19 heavy (non-hydrogen) atoms. The van der Waals surface area contributed by atoms with Crippen LogP contribution in [-0.2, 0) is 4.79 Å². The summed E-state index contributed by atoms with van der Waals surface area (Å²) in [5.74, 6) is -0.177. The van der Waals surface area contributed by atoms with Crippen LogP contribution in [0.25, 0.3) is 6.08 Å². The fraction of sp³-hybridized carbons (Fsp3) is 0.286. The van der Waals surface area contributed by atoms with Crippen LogP contribution in [0.3, 0.4) is 0 Å². The van der Waals surface area contributed by atoms with Gasteiger partial charge in [-0.25, -0.2) is 0 Å². The molecule has 0 aromatic heterocycles. The molecule has 0 N–H and O–H groups in total. The zero-order valence-corrected chi connectivity index (χ0v) is 13.0. The second-order valence-electron chi connectivity index (χ2n) is 4.24. The Labute approximate surface area is 125 Å². The molecule has 3 nitrogen and oxygen atoms in total. The summed E-state index contributed by atoms with van der Waals surface area (Å²) < 4.78 is 0.950. The lowest BCUT2D eigenvalue weighted by molar-refractivity contribution is -0.122. The van der Waals surface area contributed by atoms with Gasteiger partial charge in [0.05, 0.1) is 4.91 Å². The molecule has 1 saturated heterocycles. The quantitative estimate of drug-likeness (QED) is 0.768. The number of hydrogen-bond donors (Lipinski definition) is 0. The number of rotatable bonds is 4. The van der Waals surface area contributed by atoms with Gasteiger partial charge in [0.1, 0.15) is 0 Å². The van der Waals surface area contributed by atoms with Crippen molar-refractivity contribution in [2.24, 2.45) is 0 Å². The first-order chi connectivity index (χ1) is 9.11. The molecule has 1 aromatic rings. The number of carbonyl (C=O) groups excluding carboxylic acids is 2. The van der Waals surface area contributed by atoms with Gasteiger partial charge in [0.25, 0.3) is 11.1 Å². The van der Waals surface area contributed by atoms with Crippen molar-refractivity contribution in [2.75, 3.05) is 6.54 Å². The van der Waals surface area contributed by atoms with Gasteiger partial charge < -0.3 is 0 Å². The highest BCUT2D eigenvalue weighted by atomic mass is 79.9. The minimum Gasteiger partial charge on any atom is -0.268 e. The standard InChI is InChI=1S/C14H14BrNO2S/c1-2-3-7-16-13(17)12(19-14(16)18)9-10-5-4-6-11(15)8-10/h4-6,8-9H,2-3,7H2,1H3. The lowest BCUT2D eigenvalue weighted by atomic mass is 10.2. The summed E-state index contributed by atoms with van der Waals surface area (Å²) in [6.45, 7) is 2.55. The number of amides is 2. The number of hydrogen-bond acceptors (Lipinski definition) is 3. The Kier molecular flexibility index (Phi) is 4.82. The largest absolute Gasteiger partial charge is 0.293 e. The van der Waals surface area contributed by atoms with Gasteiger partial charge in [-0.2, -0.15) is 0 Å². The van der Waals surface area contributed by atoms with Crippen LogP contribution in [0.4, 0.5) is 4.79 Å². The molecule has 0 bridgehead atoms. The summed E-state index contributed by atoms with van der Waals surface area (Å²) in [5, 5.41) is -0.167. The Hall–Kier alpha value is -1.07. The molecule has 1 heterocycles. The molecule has 2 amide bonds. The zero-order valence-electron chi connectivity index (χ0n) is 10.6. The molecule has 1 aliphatic heterocycles. The highest BCUT2D eigenvalue weighted by Gasteiger charge is 2.34. The number of thioether (sulfide) groups is 1. The highest BCUT2D eigenvalue weighted by molar-refractivity contribution is 9.10. The predicted molar refractivity (Wildman–Crippen MR) is 81.7 cm³/mol. The van der Waals surface area contributed by atoms with E-state index in [1.165, 1.54) is 4.90 Å². The Balaban J connectivity index is 2.18. The van der Waals surface area contributed by atoms with E-state index in [0.717, 1.165) is 34.6 Å². The maximum Gasteiger partial charge on any atom is 0.293 e. The second-order valence-corrected chi connectivity index (χ2v) is 6.15. The van der Waals surface area contributed by atoms with Crippen molar-refractivity contribution >= 4 is 44.9 Å². The molecule has 100 valence electrons. The van der Waals surface area contributed by atoms with E-state index in [4.69, 9.17) is 0 Å². The summed E-state index contributed by atoms with van der Waals surface area (Å²) in [5.41, 5.74) is 0.912. The SMILES string of the molecule is CCCCN1C(=O)SC(=Cc2cccc(Br)c2)C1=O. The van der Waals surface area contributed by atoms with Crippen LogP contribution in [0.1, 0.15) is 25.3 Å². The van der Waals surface area contributed by atoms with Crippen LogP contribution in [0.15, 0.2) is 33.6 Å². The van der Waals surface area contributed by atoms with Crippen molar-refractivity contribution < 1.29 is 9.59 Å². The van der Waals surface area contributed by atoms with Gasteiger partial charge in [0.2, 0.25) is 0 Å². The van der Waals surface area contributed by atoms with E-state index in [-0.39, 0.29) is 11.1 Å². The Bertz CT molecular complexity index is 542. The van der Waals surface area contributed by atoms with E-state index in [1.54, 1.807) is 6.08 Å². The Morgan fingerprint density at radius 1 is 1.37 bits per heavy atom. The van der Waals surface area contributed by atoms with Crippen LogP contribution in [0.2, 0.25) is 0 Å². The zero-order chi connectivity index (χ0) is 13.8. The average Bonchev–Trinajstić information content (AvgIpc) is 2.62. The third-order valence-electron chi connectivity index (χ3n) is 2.76. The number of halogens is 1. The lowest BCUT2D eigenvalue weighted by Crippen LogP contribution is -2.29. The van der Waals surface area contributed by atoms with E-state index in [0.29, 0.717) is 11.4 Å². The minimum atomic E-state index is -0.177. The maximum atomic E-state index is 12.1. The fourth-order valence-electron chi connectivity index (χ4n) is 1.76. The first-order valence-electron chi connectivity index (χ1n) is 6.12. The van der Waals surface area contributed by atoms with Crippen LogP contribution < -0.4 is 0 Å². The number of carbonyl (C=O) groups is 2. The summed E-state index contributed by atoms with van der Waals surface area (Å²) in [4.78, 5) is 25.7. The molecule has 0 atom stereocenters. The van der Waals surface area contributed by atoms with E-state index >= 15 is 0 Å². The van der Waals surface area contributed by atoms with Crippen LogP contribution in [-0.4, -0.2) is 22.6 Å². The third-order valence-corrected chi connectivity index (χ3v) is 4.16. The van der Waals surface area contributed by atoms with Crippen molar-refractivity contribution in [3.63, 3.8) is 0 Å². The van der Waals surface area contributed by atoms with Crippen molar-refractivity contribution in [3.05, 3.63) is 39.2 Å². The maximum absolute atomic E-state index is 12.1. The smallest absolute Gasteiger partial charge is 0.268 e.